The number of rotatable bonds is 7. The molecule has 130 valence electrons. The molecule has 0 saturated heterocycles. The molecule has 3 N–H and O–H groups in total. The zero-order chi connectivity index (χ0) is 16.2. The van der Waals surface area contributed by atoms with Gasteiger partial charge < -0.3 is 15.8 Å². The van der Waals surface area contributed by atoms with Gasteiger partial charge in [-0.05, 0) is 18.4 Å². The zero-order valence-electron chi connectivity index (χ0n) is 14.2. The fourth-order valence-corrected chi connectivity index (χ4v) is 2.86. The van der Waals surface area contributed by atoms with Crippen molar-refractivity contribution in [3.8, 4) is 0 Å². The van der Waals surface area contributed by atoms with E-state index in [9.17, 15) is 4.79 Å². The summed E-state index contributed by atoms with van der Waals surface area (Å²) in [6.07, 6.45) is 3.31. The van der Waals surface area contributed by atoms with Gasteiger partial charge in [-0.25, -0.2) is 0 Å². The summed E-state index contributed by atoms with van der Waals surface area (Å²) in [5.41, 5.74) is 6.84. The van der Waals surface area contributed by atoms with Crippen LogP contribution in [0.3, 0.4) is 0 Å². The van der Waals surface area contributed by atoms with Crippen molar-refractivity contribution < 1.29 is 9.53 Å². The number of unbranched alkanes of at least 4 members (excludes halogenated alkanes) is 1. The molecule has 1 amide bonds. The Morgan fingerprint density at radius 2 is 2.04 bits per heavy atom. The van der Waals surface area contributed by atoms with Gasteiger partial charge in [0.05, 0.1) is 6.10 Å². The molecule has 1 aliphatic carbocycles. The molecule has 0 aromatic heterocycles. The Balaban J connectivity index is 0.00000264. The first-order valence-corrected chi connectivity index (χ1v) is 8.19. The van der Waals surface area contributed by atoms with E-state index in [-0.39, 0.29) is 35.9 Å². The highest BCUT2D eigenvalue weighted by atomic mass is 35.5. The number of ether oxygens (including phenoxy) is 1. The van der Waals surface area contributed by atoms with Crippen LogP contribution in [0.1, 0.15) is 51.6 Å². The Labute approximate surface area is 145 Å². The third kappa shape index (κ3) is 4.69. The molecule has 5 heteroatoms. The summed E-state index contributed by atoms with van der Waals surface area (Å²) >= 11 is 0. The summed E-state index contributed by atoms with van der Waals surface area (Å²) in [6.45, 7) is 7.25. The molecule has 23 heavy (non-hydrogen) atoms. The molecular weight excluding hydrogens is 312 g/mol. The lowest BCUT2D eigenvalue weighted by atomic mass is 9.64. The quantitative estimate of drug-likeness (QED) is 0.749. The van der Waals surface area contributed by atoms with Gasteiger partial charge in [0.25, 0.3) is 0 Å². The van der Waals surface area contributed by atoms with Gasteiger partial charge >= 0.3 is 0 Å². The van der Waals surface area contributed by atoms with Crippen LogP contribution in [0, 0.1) is 5.41 Å². The SMILES string of the molecule is CCCCOC1CC(NC(=O)C(N)c2ccccc2)C1(C)C.Cl. The molecule has 4 nitrogen and oxygen atoms in total. The number of carbonyl (C=O) groups excluding carboxylic acids is 1. The van der Waals surface area contributed by atoms with E-state index in [0.29, 0.717) is 0 Å². The number of hydrogen-bond donors (Lipinski definition) is 2. The molecule has 0 spiro atoms. The Morgan fingerprint density at radius 3 is 2.61 bits per heavy atom. The van der Waals surface area contributed by atoms with E-state index in [1.807, 2.05) is 30.3 Å². The van der Waals surface area contributed by atoms with Gasteiger partial charge in [0.2, 0.25) is 5.91 Å². The summed E-state index contributed by atoms with van der Waals surface area (Å²) in [4.78, 5) is 12.3. The Bertz CT molecular complexity index is 493. The van der Waals surface area contributed by atoms with Gasteiger partial charge in [-0.15, -0.1) is 12.4 Å². The number of nitrogens with one attached hydrogen (secondary N) is 1. The van der Waals surface area contributed by atoms with Gasteiger partial charge in [0.1, 0.15) is 6.04 Å². The third-order valence-corrected chi connectivity index (χ3v) is 4.75. The molecule has 0 radical (unpaired) electrons. The van der Waals surface area contributed by atoms with Gasteiger partial charge in [-0.1, -0.05) is 57.5 Å². The fourth-order valence-electron chi connectivity index (χ4n) is 2.86. The maximum atomic E-state index is 12.3. The molecule has 3 unspecified atom stereocenters. The maximum Gasteiger partial charge on any atom is 0.241 e. The van der Waals surface area contributed by atoms with Crippen molar-refractivity contribution in [3.63, 3.8) is 0 Å². The van der Waals surface area contributed by atoms with E-state index >= 15 is 0 Å². The van der Waals surface area contributed by atoms with E-state index in [2.05, 4.69) is 26.1 Å². The number of nitrogens with two attached hydrogens (primary N) is 1. The van der Waals surface area contributed by atoms with Crippen LogP contribution in [0.2, 0.25) is 0 Å². The Kier molecular flexibility index (Phi) is 7.52. The minimum atomic E-state index is -0.614. The van der Waals surface area contributed by atoms with Crippen LogP contribution >= 0.6 is 12.4 Å². The highest BCUT2D eigenvalue weighted by Gasteiger charge is 2.49. The van der Waals surface area contributed by atoms with Gasteiger partial charge in [-0.3, -0.25) is 4.79 Å². The summed E-state index contributed by atoms with van der Waals surface area (Å²) < 4.78 is 5.91. The van der Waals surface area contributed by atoms with Crippen molar-refractivity contribution >= 4 is 18.3 Å². The molecule has 3 atom stereocenters. The van der Waals surface area contributed by atoms with Crippen LogP contribution in [0.4, 0.5) is 0 Å². The van der Waals surface area contributed by atoms with E-state index in [1.165, 1.54) is 0 Å². The normalized spacial score (nSPS) is 23.3. The number of carbonyl (C=O) groups is 1. The standard InChI is InChI=1S/C18H28N2O2.ClH/c1-4-5-11-22-15-12-14(18(15,2)3)20-17(21)16(19)13-9-7-6-8-10-13;/h6-10,14-16H,4-5,11-12,19H2,1-3H3,(H,20,21);1H. The van der Waals surface area contributed by atoms with Crippen molar-refractivity contribution in [2.75, 3.05) is 6.61 Å². The number of benzene rings is 1. The second kappa shape index (κ2) is 8.67. The smallest absolute Gasteiger partial charge is 0.241 e. The number of amides is 1. The van der Waals surface area contributed by atoms with Crippen LogP contribution in [0.5, 0.6) is 0 Å². The fraction of sp³-hybridized carbons (Fsp3) is 0.611. The molecule has 0 bridgehead atoms. The molecule has 1 saturated carbocycles. The van der Waals surface area contributed by atoms with Crippen LogP contribution in [0.15, 0.2) is 30.3 Å². The first-order chi connectivity index (χ1) is 10.5. The summed E-state index contributed by atoms with van der Waals surface area (Å²) in [7, 11) is 0. The summed E-state index contributed by atoms with van der Waals surface area (Å²) in [5.74, 6) is -0.115. The Hall–Kier alpha value is -1.10. The van der Waals surface area contributed by atoms with Crippen LogP contribution < -0.4 is 11.1 Å². The van der Waals surface area contributed by atoms with Crippen molar-refractivity contribution in [2.45, 2.75) is 58.2 Å². The predicted octanol–water partition coefficient (Wildman–Crippen LogP) is 3.21. The largest absolute Gasteiger partial charge is 0.378 e. The molecule has 2 rings (SSSR count). The van der Waals surface area contributed by atoms with E-state index < -0.39 is 6.04 Å². The minimum absolute atomic E-state index is 0. The molecule has 1 aromatic carbocycles. The highest BCUT2D eigenvalue weighted by molar-refractivity contribution is 5.85. The molecule has 1 fully saturated rings. The second-order valence-corrected chi connectivity index (χ2v) is 6.72. The van der Waals surface area contributed by atoms with E-state index in [1.54, 1.807) is 0 Å². The van der Waals surface area contributed by atoms with Crippen molar-refractivity contribution in [3.05, 3.63) is 35.9 Å². The zero-order valence-corrected chi connectivity index (χ0v) is 15.1. The predicted molar refractivity (Wildman–Crippen MR) is 95.6 cm³/mol. The lowest BCUT2D eigenvalue weighted by molar-refractivity contribution is -0.139. The topological polar surface area (TPSA) is 64.3 Å². The van der Waals surface area contributed by atoms with Crippen LogP contribution in [0.25, 0.3) is 0 Å². The number of hydrogen-bond acceptors (Lipinski definition) is 3. The van der Waals surface area contributed by atoms with E-state index in [4.69, 9.17) is 10.5 Å². The van der Waals surface area contributed by atoms with Crippen molar-refractivity contribution in [1.29, 1.82) is 0 Å². The van der Waals surface area contributed by atoms with Gasteiger partial charge in [-0.2, -0.15) is 0 Å². The molecule has 1 aliphatic rings. The average Bonchev–Trinajstić information content (AvgIpc) is 2.53. The van der Waals surface area contributed by atoms with Crippen LogP contribution in [-0.4, -0.2) is 24.7 Å². The summed E-state index contributed by atoms with van der Waals surface area (Å²) in [5, 5.41) is 3.08. The first kappa shape index (κ1) is 19.9. The van der Waals surface area contributed by atoms with Gasteiger partial charge in [0, 0.05) is 18.1 Å². The molecule has 1 aromatic rings. The number of halogens is 1. The second-order valence-electron chi connectivity index (χ2n) is 6.72. The monoisotopic (exact) mass is 340 g/mol. The molecule has 0 heterocycles. The lowest BCUT2D eigenvalue weighted by Gasteiger charge is -2.51. The van der Waals surface area contributed by atoms with Gasteiger partial charge in [0.15, 0.2) is 0 Å². The average molecular weight is 341 g/mol. The van der Waals surface area contributed by atoms with Crippen molar-refractivity contribution in [1.82, 2.24) is 5.32 Å². The van der Waals surface area contributed by atoms with Crippen molar-refractivity contribution in [2.24, 2.45) is 11.1 Å². The minimum Gasteiger partial charge on any atom is -0.378 e. The first-order valence-electron chi connectivity index (χ1n) is 8.19. The van der Waals surface area contributed by atoms with E-state index in [0.717, 1.165) is 31.4 Å². The maximum absolute atomic E-state index is 12.3. The molecular formula is C18H29ClN2O2. The third-order valence-electron chi connectivity index (χ3n) is 4.75. The highest BCUT2D eigenvalue weighted by Crippen LogP contribution is 2.43. The summed E-state index contributed by atoms with van der Waals surface area (Å²) in [6, 6.07) is 8.99. The van der Waals surface area contributed by atoms with Crippen LogP contribution in [-0.2, 0) is 9.53 Å². The molecule has 0 aliphatic heterocycles. The Morgan fingerprint density at radius 1 is 1.39 bits per heavy atom. The lowest BCUT2D eigenvalue weighted by Crippen LogP contribution is -2.62.